The smallest absolute Gasteiger partial charge is 0.337 e. The lowest BCUT2D eigenvalue weighted by Crippen LogP contribution is -2.38. The highest BCUT2D eigenvalue weighted by Crippen LogP contribution is 2.36. The Morgan fingerprint density at radius 1 is 0.425 bits per heavy atom. The average Bonchev–Trinajstić information content (AvgIpc) is 1.49. The van der Waals surface area contributed by atoms with E-state index in [2.05, 4.69) is 19.9 Å². The van der Waals surface area contributed by atoms with E-state index in [-0.39, 0.29) is 63.9 Å². The lowest BCUT2D eigenvalue weighted by Gasteiger charge is -2.28. The van der Waals surface area contributed by atoms with E-state index in [1.54, 1.807) is 62.3 Å². The molecular weight excluding hydrogens is 1450 g/mol. The van der Waals surface area contributed by atoms with Crippen molar-refractivity contribution in [2.24, 2.45) is 0 Å². The number of fused-ring (bicyclic) bond motifs is 2. The zero-order chi connectivity index (χ0) is 79.4. The van der Waals surface area contributed by atoms with Gasteiger partial charge in [0.15, 0.2) is 19.0 Å². The third kappa shape index (κ3) is 25.4. The fourth-order valence-electron chi connectivity index (χ4n) is 10.7. The second-order valence-electron chi connectivity index (χ2n) is 24.2. The maximum Gasteiger partial charge on any atom is 0.337 e. The third-order valence-corrected chi connectivity index (χ3v) is 16.2. The highest BCUT2D eigenvalue weighted by molar-refractivity contribution is 6.02. The van der Waals surface area contributed by atoms with Crippen LogP contribution in [0.1, 0.15) is 67.9 Å². The Labute approximate surface area is 650 Å². The zero-order valence-electron chi connectivity index (χ0n) is 61.6. The van der Waals surface area contributed by atoms with Crippen LogP contribution in [0.5, 0.6) is 11.5 Å². The molecule has 0 unspecified atom stereocenters. The van der Waals surface area contributed by atoms with E-state index in [9.17, 15) is 28.8 Å². The van der Waals surface area contributed by atoms with Gasteiger partial charge in [0.05, 0.1) is 50.5 Å². The lowest BCUT2D eigenvalue weighted by atomic mass is 10.1. The van der Waals surface area contributed by atoms with E-state index in [1.165, 1.54) is 23.0 Å². The zero-order valence-corrected chi connectivity index (χ0v) is 61.6. The number of oxazole rings is 4. The van der Waals surface area contributed by atoms with Crippen molar-refractivity contribution in [3.05, 3.63) is 325 Å². The Bertz CT molecular complexity index is 4940. The topological polar surface area (TPSA) is 338 Å². The van der Waals surface area contributed by atoms with Crippen LogP contribution in [0.15, 0.2) is 291 Å². The van der Waals surface area contributed by atoms with Gasteiger partial charge in [-0.25, -0.2) is 34.3 Å². The van der Waals surface area contributed by atoms with Crippen LogP contribution in [0.25, 0.3) is 45.0 Å². The van der Waals surface area contributed by atoms with Crippen molar-refractivity contribution in [1.82, 2.24) is 19.9 Å². The minimum atomic E-state index is -0.939. The number of carbonyl (C=O) groups is 6. The molecule has 2 aliphatic rings. The SMILES string of the molecule is CCOC(=O)COCc1ccccc1.COC(=O)c1ccc2c(c1)N(Cc1nc(-c3ccccc3)co1)C(=O)CO2.O=C(CO)c1ccc2c(c1)N(Cc1nc(-c3ccccc3)co1)C(=O)CO2.O=C(O)COCc1ccccc1.OCc1nc(-c2ccccc2)co1.c1ccc(COCc2nc(-c3ccccc3)co2)cc1. The van der Waals surface area contributed by atoms with Crippen molar-refractivity contribution in [2.45, 2.75) is 53.0 Å². The van der Waals surface area contributed by atoms with Gasteiger partial charge >= 0.3 is 17.9 Å². The average molecular weight is 1530 g/mol. The number of hydrogen-bond acceptors (Lipinski definition) is 23. The number of carboxylic acid groups (broad SMARTS) is 1. The number of anilines is 2. The molecule has 2 aliphatic heterocycles. The van der Waals surface area contributed by atoms with Crippen molar-refractivity contribution in [3.63, 3.8) is 0 Å². The van der Waals surface area contributed by atoms with E-state index in [4.69, 9.17) is 66.1 Å². The molecule has 0 fully saturated rings. The van der Waals surface area contributed by atoms with Crippen LogP contribution < -0.4 is 19.3 Å². The number of nitrogens with zero attached hydrogens (tertiary/aromatic N) is 6. The largest absolute Gasteiger partial charge is 0.482 e. The van der Waals surface area contributed by atoms with Crippen molar-refractivity contribution in [1.29, 1.82) is 0 Å². The standard InChI is InChI=1S/2C20H16N2O5.C17H15NO2.C11H14O3.C10H9NO2.C9H10O3/c1-25-20(24)14-7-8-17-16(9-14)22(19(23)12-26-17)10-18-21-15(11-27-18)13-5-3-2-4-6-13;23-10-17(24)14-6-7-18-16(8-14)22(20(25)12-26-18)9-19-21-15(11-27-19)13-4-2-1-3-5-13;1-3-7-14(8-4-1)11-19-13-17-18-16(12-20-17)15-9-5-2-6-10-15;1-2-14-11(12)9-13-8-10-6-4-3-5-7-10;12-6-10-11-9(7-13-10)8-4-2-1-3-5-8;10-9(11)7-12-6-8-4-2-1-3-5-8/h2-9,11H,10,12H2,1H3;1-8,11,23H,9-10,12H2;1-10,12H,11,13H2;3-7H,2,8-9H2,1H3;1-5,7,12H,6H2;1-5H,6-7H2,(H,10,11). The first-order chi connectivity index (χ1) is 55.2. The van der Waals surface area contributed by atoms with Gasteiger partial charge in [0.1, 0.15) is 105 Å². The number of aliphatic hydroxyl groups excluding tert-OH is 2. The first-order valence-electron chi connectivity index (χ1n) is 35.4. The number of benzene rings is 9. The van der Waals surface area contributed by atoms with Crippen LogP contribution in [-0.2, 0) is 89.0 Å². The molecule has 26 heteroatoms. The fraction of sp³-hybridized carbons (Fsp3) is 0.172. The molecule has 3 N–H and O–H groups in total. The number of amides is 2. The van der Waals surface area contributed by atoms with E-state index < -0.39 is 24.3 Å². The number of aliphatic carboxylic acids is 1. The maximum absolute atomic E-state index is 12.4. The number of ether oxygens (including phenoxy) is 7. The van der Waals surface area contributed by atoms with Gasteiger partial charge in [0, 0.05) is 27.8 Å². The number of rotatable bonds is 25. The van der Waals surface area contributed by atoms with Crippen molar-refractivity contribution in [3.8, 4) is 56.5 Å². The van der Waals surface area contributed by atoms with Gasteiger partial charge in [0.25, 0.3) is 11.8 Å². The summed E-state index contributed by atoms with van der Waals surface area (Å²) in [6, 6.07) is 77.6. The van der Waals surface area contributed by atoms with E-state index in [1.807, 2.05) is 212 Å². The Hall–Kier alpha value is -13.8. The van der Waals surface area contributed by atoms with Crippen LogP contribution in [0, 0.1) is 0 Å². The molecule has 4 aromatic heterocycles. The molecule has 0 saturated carbocycles. The monoisotopic (exact) mass is 1530 g/mol. The fourth-order valence-corrected chi connectivity index (χ4v) is 10.7. The number of Topliss-reactive ketones (excluding diaryl/α,β-unsaturated/α-hetero) is 1. The quantitative estimate of drug-likeness (QED) is 0.0353. The second kappa shape index (κ2) is 43.4. The molecule has 0 saturated heterocycles. The molecule has 0 radical (unpaired) electrons. The van der Waals surface area contributed by atoms with Crippen molar-refractivity contribution < 1.29 is 94.9 Å². The van der Waals surface area contributed by atoms with E-state index >= 15 is 0 Å². The molecule has 578 valence electrons. The summed E-state index contributed by atoms with van der Waals surface area (Å²) in [4.78, 5) is 89.7. The Morgan fingerprint density at radius 3 is 1.16 bits per heavy atom. The molecule has 0 aliphatic carbocycles. The number of carbonyl (C=O) groups excluding carboxylic acids is 5. The van der Waals surface area contributed by atoms with Crippen LogP contribution >= 0.6 is 0 Å². The minimum Gasteiger partial charge on any atom is -0.482 e. The molecule has 0 bridgehead atoms. The molecule has 6 heterocycles. The number of carboxylic acids is 1. The molecule has 113 heavy (non-hydrogen) atoms. The number of hydrogen-bond donors (Lipinski definition) is 3. The molecule has 9 aromatic carbocycles. The summed E-state index contributed by atoms with van der Waals surface area (Å²) >= 11 is 0. The van der Waals surface area contributed by atoms with Gasteiger partial charge in [-0.05, 0) is 60.0 Å². The number of aliphatic hydroxyl groups is 2. The first-order valence-corrected chi connectivity index (χ1v) is 35.4. The molecule has 0 spiro atoms. The van der Waals surface area contributed by atoms with Crippen molar-refractivity contribution >= 4 is 46.9 Å². The number of aromatic nitrogens is 4. The summed E-state index contributed by atoms with van der Waals surface area (Å²) in [7, 11) is 1.30. The molecular formula is C87H80N6O20. The number of esters is 2. The van der Waals surface area contributed by atoms with Gasteiger partial charge in [-0.1, -0.05) is 212 Å². The summed E-state index contributed by atoms with van der Waals surface area (Å²) in [6.45, 7) is 2.97. The predicted octanol–water partition coefficient (Wildman–Crippen LogP) is 14.4. The number of methoxy groups -OCH3 is 1. The van der Waals surface area contributed by atoms with Crippen LogP contribution in [0.4, 0.5) is 11.4 Å². The van der Waals surface area contributed by atoms with Crippen molar-refractivity contribution in [2.75, 3.05) is 56.6 Å². The van der Waals surface area contributed by atoms with Gasteiger partial charge in [-0.3, -0.25) is 24.2 Å². The van der Waals surface area contributed by atoms with Gasteiger partial charge in [-0.15, -0.1) is 0 Å². The Morgan fingerprint density at radius 2 is 0.779 bits per heavy atom. The highest BCUT2D eigenvalue weighted by Gasteiger charge is 2.30. The molecule has 13 aromatic rings. The summed E-state index contributed by atoms with van der Waals surface area (Å²) in [5.41, 5.74) is 11.6. The van der Waals surface area contributed by atoms with E-state index in [0.717, 1.165) is 50.3 Å². The lowest BCUT2D eigenvalue weighted by molar-refractivity contribution is -0.149. The molecule has 2 amide bonds. The first kappa shape index (κ1) is 81.8. The van der Waals surface area contributed by atoms with E-state index in [0.29, 0.717) is 102 Å². The van der Waals surface area contributed by atoms with Crippen LogP contribution in [-0.4, -0.2) is 118 Å². The summed E-state index contributed by atoms with van der Waals surface area (Å²) in [5.74, 6) is 0.00698. The third-order valence-electron chi connectivity index (χ3n) is 16.2. The maximum atomic E-state index is 12.4. The molecule has 26 nitrogen and oxygen atoms in total. The summed E-state index contributed by atoms with van der Waals surface area (Å²) in [5, 5.41) is 26.1. The van der Waals surface area contributed by atoms with Gasteiger partial charge in [-0.2, -0.15) is 0 Å². The molecule has 0 atom stereocenters. The second-order valence-corrected chi connectivity index (χ2v) is 24.2. The number of ketones is 1. The minimum absolute atomic E-state index is 0.0166. The Kier molecular flexibility index (Phi) is 31.4. The van der Waals surface area contributed by atoms with Gasteiger partial charge in [0.2, 0.25) is 23.6 Å². The van der Waals surface area contributed by atoms with Gasteiger partial charge < -0.3 is 66.1 Å². The summed E-state index contributed by atoms with van der Waals surface area (Å²) < 4.78 is 57.5. The predicted molar refractivity (Wildman–Crippen MR) is 414 cm³/mol. The molecule has 15 rings (SSSR count). The Balaban J connectivity index is 0.000000148. The van der Waals surface area contributed by atoms with Crippen LogP contribution in [0.2, 0.25) is 0 Å². The summed E-state index contributed by atoms with van der Waals surface area (Å²) in [6.07, 6.45) is 6.31. The highest BCUT2D eigenvalue weighted by atomic mass is 16.6. The van der Waals surface area contributed by atoms with Crippen LogP contribution in [0.3, 0.4) is 0 Å². The normalized spacial score (nSPS) is 11.6.